The molecular formula is C7H16N4O2S. The molecule has 0 fully saturated rings. The maximum atomic E-state index is 11.2. The van der Waals surface area contributed by atoms with Crippen LogP contribution < -0.4 is 4.72 Å². The van der Waals surface area contributed by atoms with Crippen molar-refractivity contribution < 1.29 is 8.42 Å². The van der Waals surface area contributed by atoms with E-state index in [4.69, 9.17) is 5.53 Å². The Balaban J connectivity index is 3.60. The number of nitrogens with one attached hydrogen (secondary N) is 1. The van der Waals surface area contributed by atoms with Crippen molar-refractivity contribution in [2.24, 2.45) is 5.11 Å². The smallest absolute Gasteiger partial charge is 0.213 e. The van der Waals surface area contributed by atoms with Gasteiger partial charge in [-0.05, 0) is 32.2 Å². The molecule has 7 heteroatoms. The predicted octanol–water partition coefficient (Wildman–Crippen LogP) is 1.40. The molecule has 0 saturated heterocycles. The van der Waals surface area contributed by atoms with Crippen molar-refractivity contribution in [2.75, 3.05) is 13.1 Å². The molecule has 0 radical (unpaired) electrons. The van der Waals surface area contributed by atoms with E-state index in [1.165, 1.54) is 0 Å². The van der Waals surface area contributed by atoms with Crippen molar-refractivity contribution in [3.05, 3.63) is 10.4 Å². The average Bonchev–Trinajstić information content (AvgIpc) is 2.10. The molecule has 0 heterocycles. The van der Waals surface area contributed by atoms with E-state index < -0.39 is 15.3 Å². The van der Waals surface area contributed by atoms with Crippen LogP contribution in [0.15, 0.2) is 5.11 Å². The van der Waals surface area contributed by atoms with Gasteiger partial charge in [0.05, 0.1) is 5.25 Å². The van der Waals surface area contributed by atoms with Crippen LogP contribution in [0.3, 0.4) is 0 Å². The first-order valence-corrected chi connectivity index (χ1v) is 6.04. The van der Waals surface area contributed by atoms with Gasteiger partial charge in [0.2, 0.25) is 10.0 Å². The van der Waals surface area contributed by atoms with Crippen molar-refractivity contribution >= 4 is 10.0 Å². The van der Waals surface area contributed by atoms with Crippen molar-refractivity contribution in [2.45, 2.75) is 31.9 Å². The van der Waals surface area contributed by atoms with Gasteiger partial charge in [0.1, 0.15) is 0 Å². The molecule has 0 unspecified atom stereocenters. The molecule has 0 atom stereocenters. The van der Waals surface area contributed by atoms with E-state index in [0.717, 1.165) is 0 Å². The Morgan fingerprint density at radius 3 is 2.57 bits per heavy atom. The van der Waals surface area contributed by atoms with Crippen LogP contribution in [0.5, 0.6) is 0 Å². The first-order chi connectivity index (χ1) is 6.50. The van der Waals surface area contributed by atoms with Crippen LogP contribution in [-0.4, -0.2) is 26.8 Å². The van der Waals surface area contributed by atoms with E-state index in [0.29, 0.717) is 25.9 Å². The van der Waals surface area contributed by atoms with Gasteiger partial charge in [0.15, 0.2) is 0 Å². The molecule has 0 aliphatic rings. The molecular weight excluding hydrogens is 204 g/mol. The molecule has 0 amide bonds. The Morgan fingerprint density at radius 2 is 2.07 bits per heavy atom. The summed E-state index contributed by atoms with van der Waals surface area (Å²) in [4.78, 5) is 2.60. The molecule has 0 rings (SSSR count). The van der Waals surface area contributed by atoms with Crippen molar-refractivity contribution in [1.82, 2.24) is 4.72 Å². The second kappa shape index (κ2) is 6.64. The lowest BCUT2D eigenvalue weighted by Crippen LogP contribution is -2.31. The fourth-order valence-corrected chi connectivity index (χ4v) is 1.50. The zero-order valence-corrected chi connectivity index (χ0v) is 9.29. The summed E-state index contributed by atoms with van der Waals surface area (Å²) in [6.07, 6.45) is 1.38. The molecule has 0 saturated carbocycles. The van der Waals surface area contributed by atoms with Crippen LogP contribution in [0.25, 0.3) is 10.4 Å². The second-order valence-electron chi connectivity index (χ2n) is 3.15. The van der Waals surface area contributed by atoms with Crippen LogP contribution in [0.1, 0.15) is 26.7 Å². The molecule has 1 N–H and O–H groups in total. The lowest BCUT2D eigenvalue weighted by molar-refractivity contribution is 0.568. The van der Waals surface area contributed by atoms with Crippen LogP contribution in [-0.2, 0) is 10.0 Å². The third-order valence-corrected chi connectivity index (χ3v) is 3.52. The maximum Gasteiger partial charge on any atom is 0.213 e. The Hall–Kier alpha value is -0.780. The Labute approximate surface area is 84.4 Å². The van der Waals surface area contributed by atoms with Crippen molar-refractivity contribution in [1.29, 1.82) is 0 Å². The van der Waals surface area contributed by atoms with Crippen LogP contribution in [0, 0.1) is 0 Å². The van der Waals surface area contributed by atoms with Gasteiger partial charge in [-0.1, -0.05) is 5.11 Å². The minimum absolute atomic E-state index is 0.403. The van der Waals surface area contributed by atoms with Gasteiger partial charge in [-0.25, -0.2) is 13.1 Å². The Kier molecular flexibility index (Phi) is 6.27. The van der Waals surface area contributed by atoms with Crippen LogP contribution >= 0.6 is 0 Å². The normalized spacial score (nSPS) is 11.4. The quantitative estimate of drug-likeness (QED) is 0.304. The highest BCUT2D eigenvalue weighted by Gasteiger charge is 2.13. The average molecular weight is 220 g/mol. The minimum Gasteiger partial charge on any atom is -0.215 e. The number of nitrogens with zero attached hydrogens (tertiary/aromatic N) is 3. The van der Waals surface area contributed by atoms with E-state index in [2.05, 4.69) is 14.7 Å². The van der Waals surface area contributed by atoms with E-state index in [1.54, 1.807) is 13.8 Å². The summed E-state index contributed by atoms with van der Waals surface area (Å²) in [6, 6.07) is 0. The highest BCUT2D eigenvalue weighted by Crippen LogP contribution is 1.96. The van der Waals surface area contributed by atoms with Gasteiger partial charge >= 0.3 is 0 Å². The predicted molar refractivity (Wildman–Crippen MR) is 55.3 cm³/mol. The Morgan fingerprint density at radius 1 is 1.43 bits per heavy atom. The molecule has 0 aromatic carbocycles. The molecule has 0 aliphatic heterocycles. The first-order valence-electron chi connectivity index (χ1n) is 4.50. The van der Waals surface area contributed by atoms with Crippen LogP contribution in [0.2, 0.25) is 0 Å². The van der Waals surface area contributed by atoms with E-state index in [1.807, 2.05) is 0 Å². The number of unbranched alkanes of at least 4 members (excludes halogenated alkanes) is 1. The number of azide groups is 1. The zero-order valence-electron chi connectivity index (χ0n) is 8.47. The molecule has 14 heavy (non-hydrogen) atoms. The summed E-state index contributed by atoms with van der Waals surface area (Å²) >= 11 is 0. The third-order valence-electron chi connectivity index (χ3n) is 1.67. The fourth-order valence-electron chi connectivity index (χ4n) is 0.733. The number of rotatable bonds is 7. The molecule has 0 bridgehead atoms. The third kappa shape index (κ3) is 5.80. The summed E-state index contributed by atoms with van der Waals surface area (Å²) in [5.74, 6) is 0. The summed E-state index contributed by atoms with van der Waals surface area (Å²) < 4.78 is 24.9. The number of hydrogen-bond donors (Lipinski definition) is 1. The Bertz CT molecular complexity index is 293. The summed E-state index contributed by atoms with van der Waals surface area (Å²) in [5, 5.41) is 2.94. The molecule has 82 valence electrons. The molecule has 0 aliphatic carbocycles. The van der Waals surface area contributed by atoms with Crippen molar-refractivity contribution in [3.8, 4) is 0 Å². The van der Waals surface area contributed by atoms with Gasteiger partial charge in [-0.15, -0.1) is 0 Å². The van der Waals surface area contributed by atoms with E-state index in [-0.39, 0.29) is 0 Å². The minimum atomic E-state index is -3.14. The van der Waals surface area contributed by atoms with Crippen LogP contribution in [0.4, 0.5) is 0 Å². The summed E-state index contributed by atoms with van der Waals surface area (Å²) in [6.45, 7) is 4.08. The standard InChI is InChI=1S/C7H16N4O2S/c1-7(2)14(12,13)10-6-4-3-5-9-11-8/h7,10H,3-6H2,1-2H3. The van der Waals surface area contributed by atoms with Gasteiger partial charge < -0.3 is 0 Å². The number of sulfonamides is 1. The number of hydrogen-bond acceptors (Lipinski definition) is 3. The van der Waals surface area contributed by atoms with Crippen molar-refractivity contribution in [3.63, 3.8) is 0 Å². The van der Waals surface area contributed by atoms with Gasteiger partial charge in [-0.2, -0.15) is 0 Å². The maximum absolute atomic E-state index is 11.2. The highest BCUT2D eigenvalue weighted by atomic mass is 32.2. The van der Waals surface area contributed by atoms with Gasteiger partial charge in [-0.3, -0.25) is 0 Å². The molecule has 0 aromatic rings. The van der Waals surface area contributed by atoms with Gasteiger partial charge in [0, 0.05) is 18.0 Å². The summed E-state index contributed by atoms with van der Waals surface area (Å²) in [7, 11) is -3.14. The van der Waals surface area contributed by atoms with Gasteiger partial charge in [0.25, 0.3) is 0 Å². The first kappa shape index (κ1) is 13.2. The summed E-state index contributed by atoms with van der Waals surface area (Å²) in [5.41, 5.74) is 7.97. The zero-order chi connectivity index (χ0) is 11.0. The second-order valence-corrected chi connectivity index (χ2v) is 5.47. The van der Waals surface area contributed by atoms with E-state index in [9.17, 15) is 8.42 Å². The largest absolute Gasteiger partial charge is 0.215 e. The molecule has 0 spiro atoms. The SMILES string of the molecule is CC(C)S(=O)(=O)NCCCCN=[N+]=[N-]. The lowest BCUT2D eigenvalue weighted by atomic mass is 10.3. The lowest BCUT2D eigenvalue weighted by Gasteiger charge is -2.08. The topological polar surface area (TPSA) is 94.9 Å². The van der Waals surface area contributed by atoms with E-state index >= 15 is 0 Å². The molecule has 0 aromatic heterocycles. The molecule has 6 nitrogen and oxygen atoms in total. The highest BCUT2D eigenvalue weighted by molar-refractivity contribution is 7.90. The monoisotopic (exact) mass is 220 g/mol. The fraction of sp³-hybridized carbons (Fsp3) is 1.00.